The number of alkyl halides is 1. The van der Waals surface area contributed by atoms with Crippen molar-refractivity contribution in [3.05, 3.63) is 30.1 Å². The van der Waals surface area contributed by atoms with Crippen molar-refractivity contribution in [2.24, 2.45) is 0 Å². The number of halogens is 1. The first-order valence-corrected chi connectivity index (χ1v) is 7.18. The molecule has 90 valence electrons. The number of anilines is 1. The van der Waals surface area contributed by atoms with Crippen molar-refractivity contribution in [3.63, 3.8) is 0 Å². The highest BCUT2D eigenvalue weighted by molar-refractivity contribution is 9.08. The molecule has 0 spiro atoms. The number of hydrogen-bond acceptors (Lipinski definition) is 2. The number of rotatable bonds is 3. The summed E-state index contributed by atoms with van der Waals surface area (Å²) in [6.45, 7) is 0. The molecule has 1 aliphatic rings. The van der Waals surface area contributed by atoms with Gasteiger partial charge in [0.25, 0.3) is 0 Å². The quantitative estimate of drug-likeness (QED) is 0.810. The fourth-order valence-electron chi connectivity index (χ4n) is 2.39. The molecule has 2 aromatic heterocycles. The zero-order valence-corrected chi connectivity index (χ0v) is 11.5. The van der Waals surface area contributed by atoms with Gasteiger partial charge in [0, 0.05) is 24.6 Å². The second kappa shape index (κ2) is 4.33. The summed E-state index contributed by atoms with van der Waals surface area (Å²) >= 11 is 3.58. The minimum absolute atomic E-state index is 0.678. The Hall–Kier alpha value is -1.03. The molecule has 0 bridgehead atoms. The Morgan fingerprint density at radius 2 is 2.29 bits per heavy atom. The molecule has 1 saturated carbocycles. The smallest absolute Gasteiger partial charge is 0.152 e. The highest BCUT2D eigenvalue weighted by atomic mass is 79.9. The number of fused-ring (bicyclic) bond motifs is 1. The van der Waals surface area contributed by atoms with Gasteiger partial charge in [-0.2, -0.15) is 0 Å². The van der Waals surface area contributed by atoms with Crippen LogP contribution in [0.1, 0.15) is 25.0 Å². The van der Waals surface area contributed by atoms with Crippen molar-refractivity contribution in [1.82, 2.24) is 9.38 Å². The van der Waals surface area contributed by atoms with Gasteiger partial charge in [-0.05, 0) is 31.4 Å². The molecule has 1 fully saturated rings. The third-order valence-electron chi connectivity index (χ3n) is 3.69. The average Bonchev–Trinajstić information content (AvgIpc) is 2.64. The monoisotopic (exact) mass is 293 g/mol. The van der Waals surface area contributed by atoms with E-state index in [0.717, 1.165) is 16.8 Å². The standard InChI is InChI=1S/C13H16BrN3/c1-16(10-5-4-6-10)13-11(9-14)17-8-3-2-7-12(17)15-13/h2-3,7-8,10H,4-6,9H2,1H3. The van der Waals surface area contributed by atoms with Crippen LogP contribution in [-0.2, 0) is 5.33 Å². The first-order chi connectivity index (χ1) is 8.31. The minimum Gasteiger partial charge on any atom is -0.355 e. The van der Waals surface area contributed by atoms with Crippen LogP contribution in [0.3, 0.4) is 0 Å². The van der Waals surface area contributed by atoms with E-state index in [1.54, 1.807) is 0 Å². The van der Waals surface area contributed by atoms with Gasteiger partial charge in [-0.25, -0.2) is 4.98 Å². The molecule has 0 radical (unpaired) electrons. The minimum atomic E-state index is 0.678. The third-order valence-corrected chi connectivity index (χ3v) is 4.22. The summed E-state index contributed by atoms with van der Waals surface area (Å²) in [5, 5.41) is 0.838. The SMILES string of the molecule is CN(c1nc2ccccn2c1CBr)C1CCC1. The van der Waals surface area contributed by atoms with Gasteiger partial charge < -0.3 is 9.30 Å². The van der Waals surface area contributed by atoms with Gasteiger partial charge in [0.1, 0.15) is 5.65 Å². The predicted molar refractivity (Wildman–Crippen MR) is 73.9 cm³/mol. The molecule has 0 N–H and O–H groups in total. The summed E-state index contributed by atoms with van der Waals surface area (Å²) in [5.74, 6) is 1.12. The summed E-state index contributed by atoms with van der Waals surface area (Å²) in [6.07, 6.45) is 6.03. The van der Waals surface area contributed by atoms with Gasteiger partial charge in [0.2, 0.25) is 0 Å². The van der Waals surface area contributed by atoms with Crippen LogP contribution in [0.2, 0.25) is 0 Å². The molecule has 0 amide bonds. The van der Waals surface area contributed by atoms with E-state index in [4.69, 9.17) is 4.98 Å². The largest absolute Gasteiger partial charge is 0.355 e. The second-order valence-corrected chi connectivity index (χ2v) is 5.20. The molecule has 3 nitrogen and oxygen atoms in total. The van der Waals surface area contributed by atoms with Crippen molar-refractivity contribution < 1.29 is 0 Å². The average molecular weight is 294 g/mol. The first kappa shape index (κ1) is 11.1. The van der Waals surface area contributed by atoms with E-state index in [1.165, 1.54) is 25.0 Å². The molecule has 0 saturated heterocycles. The van der Waals surface area contributed by atoms with E-state index in [-0.39, 0.29) is 0 Å². The maximum atomic E-state index is 4.75. The van der Waals surface area contributed by atoms with Crippen molar-refractivity contribution in [3.8, 4) is 0 Å². The van der Waals surface area contributed by atoms with Crippen molar-refractivity contribution >= 4 is 27.4 Å². The van der Waals surface area contributed by atoms with Crippen LogP contribution in [0.15, 0.2) is 24.4 Å². The van der Waals surface area contributed by atoms with Gasteiger partial charge in [-0.1, -0.05) is 22.0 Å². The zero-order chi connectivity index (χ0) is 11.8. The Morgan fingerprint density at radius 1 is 1.47 bits per heavy atom. The maximum absolute atomic E-state index is 4.75. The highest BCUT2D eigenvalue weighted by Gasteiger charge is 2.26. The van der Waals surface area contributed by atoms with E-state index in [0.29, 0.717) is 6.04 Å². The normalized spacial score (nSPS) is 16.1. The van der Waals surface area contributed by atoms with Gasteiger partial charge in [-0.3, -0.25) is 0 Å². The van der Waals surface area contributed by atoms with E-state index in [9.17, 15) is 0 Å². The molecular formula is C13H16BrN3. The second-order valence-electron chi connectivity index (χ2n) is 4.64. The lowest BCUT2D eigenvalue weighted by atomic mass is 9.92. The fraction of sp³-hybridized carbons (Fsp3) is 0.462. The maximum Gasteiger partial charge on any atom is 0.152 e. The molecule has 3 rings (SSSR count). The Morgan fingerprint density at radius 3 is 2.94 bits per heavy atom. The van der Waals surface area contributed by atoms with Gasteiger partial charge in [0.15, 0.2) is 5.82 Å². The van der Waals surface area contributed by atoms with Gasteiger partial charge in [-0.15, -0.1) is 0 Å². The summed E-state index contributed by atoms with van der Waals surface area (Å²) < 4.78 is 2.17. The fourth-order valence-corrected chi connectivity index (χ4v) is 2.91. The van der Waals surface area contributed by atoms with Gasteiger partial charge >= 0.3 is 0 Å². The number of aromatic nitrogens is 2. The Labute approximate surface area is 110 Å². The van der Waals surface area contributed by atoms with E-state index < -0.39 is 0 Å². The molecule has 1 aliphatic carbocycles. The molecule has 0 aliphatic heterocycles. The number of nitrogens with zero attached hydrogens (tertiary/aromatic N) is 3. The Bertz CT molecular complexity index is 530. The van der Waals surface area contributed by atoms with Crippen LogP contribution in [0, 0.1) is 0 Å². The van der Waals surface area contributed by atoms with Crippen LogP contribution in [0.5, 0.6) is 0 Å². The first-order valence-electron chi connectivity index (χ1n) is 6.06. The summed E-state index contributed by atoms with van der Waals surface area (Å²) in [6, 6.07) is 6.82. The Kier molecular flexibility index (Phi) is 2.82. The molecule has 4 heteroatoms. The topological polar surface area (TPSA) is 20.5 Å². The zero-order valence-electron chi connectivity index (χ0n) is 9.93. The lowest BCUT2D eigenvalue weighted by molar-refractivity contribution is 0.399. The molecule has 0 aromatic carbocycles. The number of hydrogen-bond donors (Lipinski definition) is 0. The summed E-state index contributed by atoms with van der Waals surface area (Å²) in [4.78, 5) is 7.09. The predicted octanol–water partition coefficient (Wildman–Crippen LogP) is 3.22. The highest BCUT2D eigenvalue weighted by Crippen LogP contribution is 2.31. The molecule has 0 atom stereocenters. The van der Waals surface area contributed by atoms with Crippen molar-refractivity contribution in [2.45, 2.75) is 30.6 Å². The summed E-state index contributed by atoms with van der Waals surface area (Å²) in [7, 11) is 2.16. The van der Waals surface area contributed by atoms with Crippen LogP contribution in [-0.4, -0.2) is 22.5 Å². The Balaban J connectivity index is 2.08. The van der Waals surface area contributed by atoms with Crippen LogP contribution < -0.4 is 4.90 Å². The number of pyridine rings is 1. The van der Waals surface area contributed by atoms with E-state index >= 15 is 0 Å². The van der Waals surface area contributed by atoms with Crippen LogP contribution in [0.25, 0.3) is 5.65 Å². The molecule has 2 heterocycles. The van der Waals surface area contributed by atoms with Crippen LogP contribution >= 0.6 is 15.9 Å². The van der Waals surface area contributed by atoms with Gasteiger partial charge in [0.05, 0.1) is 5.69 Å². The molecule has 17 heavy (non-hydrogen) atoms. The third kappa shape index (κ3) is 1.75. The molecular weight excluding hydrogens is 278 g/mol. The van der Waals surface area contributed by atoms with Crippen molar-refractivity contribution in [1.29, 1.82) is 0 Å². The van der Waals surface area contributed by atoms with E-state index in [2.05, 4.69) is 44.5 Å². The van der Waals surface area contributed by atoms with E-state index in [1.807, 2.05) is 12.1 Å². The molecule has 2 aromatic rings. The lowest BCUT2D eigenvalue weighted by Crippen LogP contribution is -2.37. The lowest BCUT2D eigenvalue weighted by Gasteiger charge is -2.35. The molecule has 0 unspecified atom stereocenters. The summed E-state index contributed by atoms with van der Waals surface area (Å²) in [5.41, 5.74) is 2.28. The van der Waals surface area contributed by atoms with Crippen molar-refractivity contribution in [2.75, 3.05) is 11.9 Å². The van der Waals surface area contributed by atoms with Crippen LogP contribution in [0.4, 0.5) is 5.82 Å². The number of imidazole rings is 1.